The highest BCUT2D eigenvalue weighted by Gasteiger charge is 2.34. The van der Waals surface area contributed by atoms with Gasteiger partial charge in [-0.2, -0.15) is 13.2 Å². The van der Waals surface area contributed by atoms with Gasteiger partial charge in [0, 0.05) is 12.6 Å². The van der Waals surface area contributed by atoms with Crippen molar-refractivity contribution in [2.75, 3.05) is 6.61 Å². The van der Waals surface area contributed by atoms with Crippen molar-refractivity contribution >= 4 is 5.97 Å². The minimum Gasteiger partial charge on any atom is -0.491 e. The molecule has 0 saturated carbocycles. The van der Waals surface area contributed by atoms with E-state index in [9.17, 15) is 18.0 Å². The number of hydrogen-bond donors (Lipinski definition) is 2. The van der Waals surface area contributed by atoms with Crippen molar-refractivity contribution in [3.8, 4) is 5.75 Å². The smallest absolute Gasteiger partial charge is 0.419 e. The van der Waals surface area contributed by atoms with Crippen molar-refractivity contribution in [1.29, 1.82) is 0 Å². The maximum absolute atomic E-state index is 12.9. The SMILES string of the molecule is CC(COc1ccccc1C(F)(F)F)NCc1ccc(C(=O)O)cc1. The zero-order valence-corrected chi connectivity index (χ0v) is 13.5. The number of carboxylic acids is 1. The molecule has 2 aromatic carbocycles. The van der Waals surface area contributed by atoms with Crippen molar-refractivity contribution in [3.05, 3.63) is 65.2 Å². The van der Waals surface area contributed by atoms with Crippen LogP contribution in [-0.4, -0.2) is 23.7 Å². The lowest BCUT2D eigenvalue weighted by molar-refractivity contribution is -0.139. The molecule has 134 valence electrons. The van der Waals surface area contributed by atoms with Crippen LogP contribution in [0.2, 0.25) is 0 Å². The molecular formula is C18H18F3NO3. The summed E-state index contributed by atoms with van der Waals surface area (Å²) in [5, 5.41) is 12.0. The van der Waals surface area contributed by atoms with Crippen LogP contribution in [0.5, 0.6) is 5.75 Å². The number of ether oxygens (including phenoxy) is 1. The van der Waals surface area contributed by atoms with Crippen molar-refractivity contribution in [2.24, 2.45) is 0 Å². The molecule has 0 aliphatic carbocycles. The van der Waals surface area contributed by atoms with Crippen LogP contribution < -0.4 is 10.1 Å². The second-order valence-electron chi connectivity index (χ2n) is 5.59. The van der Waals surface area contributed by atoms with Crippen molar-refractivity contribution in [3.63, 3.8) is 0 Å². The fourth-order valence-electron chi connectivity index (χ4n) is 2.16. The van der Waals surface area contributed by atoms with Crippen molar-refractivity contribution in [2.45, 2.75) is 25.7 Å². The zero-order valence-electron chi connectivity index (χ0n) is 13.5. The highest BCUT2D eigenvalue weighted by molar-refractivity contribution is 5.87. The summed E-state index contributed by atoms with van der Waals surface area (Å²) in [6.45, 7) is 2.31. The molecule has 1 atom stereocenters. The number of carboxylic acid groups (broad SMARTS) is 1. The average molecular weight is 353 g/mol. The van der Waals surface area contributed by atoms with Crippen LogP contribution >= 0.6 is 0 Å². The maximum atomic E-state index is 12.9. The third kappa shape index (κ3) is 5.49. The second-order valence-corrected chi connectivity index (χ2v) is 5.59. The molecule has 0 amide bonds. The lowest BCUT2D eigenvalue weighted by Crippen LogP contribution is -2.31. The number of benzene rings is 2. The molecule has 0 radical (unpaired) electrons. The van der Waals surface area contributed by atoms with E-state index in [1.807, 2.05) is 0 Å². The minimum absolute atomic E-state index is 0.0697. The van der Waals surface area contributed by atoms with Gasteiger partial charge in [0.15, 0.2) is 0 Å². The van der Waals surface area contributed by atoms with Gasteiger partial charge in [0.25, 0.3) is 0 Å². The van der Waals surface area contributed by atoms with Crippen molar-refractivity contribution < 1.29 is 27.8 Å². The Morgan fingerprint density at radius 2 is 1.80 bits per heavy atom. The van der Waals surface area contributed by atoms with E-state index in [2.05, 4.69) is 5.32 Å². The first kappa shape index (κ1) is 18.8. The molecule has 2 aromatic rings. The molecule has 25 heavy (non-hydrogen) atoms. The summed E-state index contributed by atoms with van der Waals surface area (Å²) in [7, 11) is 0. The first-order valence-electron chi connectivity index (χ1n) is 7.62. The van der Waals surface area contributed by atoms with E-state index in [1.165, 1.54) is 30.3 Å². The average Bonchev–Trinajstić information content (AvgIpc) is 2.58. The molecule has 0 spiro atoms. The highest BCUT2D eigenvalue weighted by atomic mass is 19.4. The molecule has 1 unspecified atom stereocenters. The molecule has 4 nitrogen and oxygen atoms in total. The first-order valence-corrected chi connectivity index (χ1v) is 7.62. The number of carbonyl (C=O) groups is 1. The van der Waals surface area contributed by atoms with Crippen LogP contribution in [0.3, 0.4) is 0 Å². The molecule has 2 rings (SSSR count). The summed E-state index contributed by atoms with van der Waals surface area (Å²) in [6, 6.07) is 11.3. The Kier molecular flexibility index (Phi) is 6.03. The van der Waals surface area contributed by atoms with Gasteiger partial charge >= 0.3 is 12.1 Å². The standard InChI is InChI=1S/C18H18F3NO3/c1-12(22-10-13-6-8-14(9-7-13)17(23)24)11-25-16-5-3-2-4-15(16)18(19,20)21/h2-9,12,22H,10-11H2,1H3,(H,23,24). The Balaban J connectivity index is 1.87. The van der Waals surface area contributed by atoms with E-state index >= 15 is 0 Å². The van der Waals surface area contributed by atoms with Gasteiger partial charge in [0.2, 0.25) is 0 Å². The summed E-state index contributed by atoms with van der Waals surface area (Å²) in [6.07, 6.45) is -4.46. The van der Waals surface area contributed by atoms with Crippen LogP contribution in [0, 0.1) is 0 Å². The molecular weight excluding hydrogens is 335 g/mol. The molecule has 0 aliphatic heterocycles. The highest BCUT2D eigenvalue weighted by Crippen LogP contribution is 2.35. The lowest BCUT2D eigenvalue weighted by Gasteiger charge is -2.18. The molecule has 0 heterocycles. The van der Waals surface area contributed by atoms with Crippen LogP contribution in [-0.2, 0) is 12.7 Å². The number of nitrogens with one attached hydrogen (secondary N) is 1. The molecule has 2 N–H and O–H groups in total. The number of rotatable bonds is 7. The summed E-state index contributed by atoms with van der Waals surface area (Å²) in [5.74, 6) is -1.20. The zero-order chi connectivity index (χ0) is 18.4. The maximum Gasteiger partial charge on any atom is 0.419 e. The Morgan fingerprint density at radius 3 is 2.40 bits per heavy atom. The van der Waals surface area contributed by atoms with Crippen molar-refractivity contribution in [1.82, 2.24) is 5.32 Å². The molecule has 7 heteroatoms. The van der Waals surface area contributed by atoms with E-state index in [0.717, 1.165) is 11.6 Å². The fourth-order valence-corrected chi connectivity index (χ4v) is 2.16. The van der Waals surface area contributed by atoms with Gasteiger partial charge in [-0.05, 0) is 36.8 Å². The minimum atomic E-state index is -4.46. The van der Waals surface area contributed by atoms with E-state index in [1.54, 1.807) is 19.1 Å². The predicted molar refractivity (Wildman–Crippen MR) is 86.6 cm³/mol. The fraction of sp³-hybridized carbons (Fsp3) is 0.278. The van der Waals surface area contributed by atoms with Gasteiger partial charge in [0.05, 0.1) is 11.1 Å². The van der Waals surface area contributed by atoms with Gasteiger partial charge in [0.1, 0.15) is 12.4 Å². The summed E-state index contributed by atoms with van der Waals surface area (Å²) >= 11 is 0. The van der Waals surface area contributed by atoms with E-state index in [0.29, 0.717) is 6.54 Å². The first-order chi connectivity index (χ1) is 11.8. The number of hydrogen-bond acceptors (Lipinski definition) is 3. The Bertz CT molecular complexity index is 714. The van der Waals surface area contributed by atoms with E-state index in [-0.39, 0.29) is 24.0 Å². The van der Waals surface area contributed by atoms with Gasteiger partial charge < -0.3 is 15.2 Å². The molecule has 0 aliphatic rings. The number of alkyl halides is 3. The topological polar surface area (TPSA) is 58.6 Å². The lowest BCUT2D eigenvalue weighted by atomic mass is 10.1. The molecule has 0 fully saturated rings. The summed E-state index contributed by atoms with van der Waals surface area (Å²) in [4.78, 5) is 10.8. The number of halogens is 3. The van der Waals surface area contributed by atoms with Crippen LogP contribution in [0.1, 0.15) is 28.4 Å². The van der Waals surface area contributed by atoms with Gasteiger partial charge in [-0.3, -0.25) is 0 Å². The third-order valence-electron chi connectivity index (χ3n) is 3.54. The largest absolute Gasteiger partial charge is 0.491 e. The van der Waals surface area contributed by atoms with Crippen LogP contribution in [0.25, 0.3) is 0 Å². The van der Waals surface area contributed by atoms with Gasteiger partial charge in [-0.15, -0.1) is 0 Å². The summed E-state index contributed by atoms with van der Waals surface area (Å²) in [5.41, 5.74) is 0.267. The van der Waals surface area contributed by atoms with E-state index < -0.39 is 17.7 Å². The van der Waals surface area contributed by atoms with Gasteiger partial charge in [-0.25, -0.2) is 4.79 Å². The molecule has 0 saturated heterocycles. The quantitative estimate of drug-likeness (QED) is 0.791. The Morgan fingerprint density at radius 1 is 1.16 bits per heavy atom. The summed E-state index contributed by atoms with van der Waals surface area (Å²) < 4.78 is 44.0. The monoisotopic (exact) mass is 353 g/mol. The number of para-hydroxylation sites is 1. The Hall–Kier alpha value is -2.54. The molecule has 0 bridgehead atoms. The number of aromatic carboxylic acids is 1. The van der Waals surface area contributed by atoms with E-state index in [4.69, 9.17) is 9.84 Å². The Labute approximate surface area is 143 Å². The third-order valence-corrected chi connectivity index (χ3v) is 3.54. The molecule has 0 aromatic heterocycles. The van der Waals surface area contributed by atoms with Gasteiger partial charge in [-0.1, -0.05) is 24.3 Å². The predicted octanol–water partition coefficient (Wildman–Crippen LogP) is 3.96. The normalized spacial score (nSPS) is 12.6. The van der Waals surface area contributed by atoms with Crippen LogP contribution in [0.4, 0.5) is 13.2 Å². The van der Waals surface area contributed by atoms with Crippen LogP contribution in [0.15, 0.2) is 48.5 Å². The second kappa shape index (κ2) is 8.02.